The van der Waals surface area contributed by atoms with Gasteiger partial charge in [-0.05, 0) is 6.07 Å². The first kappa shape index (κ1) is 9.04. The van der Waals surface area contributed by atoms with Gasteiger partial charge in [0.05, 0.1) is 24.3 Å². The zero-order chi connectivity index (χ0) is 9.97. The van der Waals surface area contributed by atoms with Crippen LogP contribution in [0.15, 0.2) is 30.5 Å². The second-order valence-electron chi connectivity index (χ2n) is 2.98. The van der Waals surface area contributed by atoms with Crippen molar-refractivity contribution >= 4 is 22.5 Å². The molecule has 0 fully saturated rings. The predicted octanol–water partition coefficient (Wildman–Crippen LogP) is 2.17. The number of rotatable bonds is 2. The number of benzene rings is 1. The number of hydrogen-bond acceptors (Lipinski definition) is 2. The topological polar surface area (TPSA) is 41.6 Å². The van der Waals surface area contributed by atoms with Crippen LogP contribution in [0.3, 0.4) is 0 Å². The highest BCUT2D eigenvalue weighted by Gasteiger charge is 2.06. The van der Waals surface area contributed by atoms with Crippen LogP contribution in [0.2, 0.25) is 0 Å². The summed E-state index contributed by atoms with van der Waals surface area (Å²) in [7, 11) is 0. The molecule has 0 bridgehead atoms. The Kier molecular flexibility index (Phi) is 2.38. The maximum Gasteiger partial charge on any atom is 0.140 e. The average Bonchev–Trinajstić information content (AvgIpc) is 2.62. The first-order valence-electron chi connectivity index (χ1n) is 4.25. The summed E-state index contributed by atoms with van der Waals surface area (Å²) in [5.41, 5.74) is 1.01. The molecule has 1 heterocycles. The van der Waals surface area contributed by atoms with Crippen molar-refractivity contribution in [2.24, 2.45) is 0 Å². The molecule has 3 nitrogen and oxygen atoms in total. The van der Waals surface area contributed by atoms with Gasteiger partial charge in [-0.3, -0.25) is 4.68 Å². The Hall–Kier alpha value is -1.53. The quantitative estimate of drug-likeness (QED) is 0.706. The van der Waals surface area contributed by atoms with E-state index >= 15 is 0 Å². The summed E-state index contributed by atoms with van der Waals surface area (Å²) >= 11 is 5.74. The molecule has 0 radical (unpaired) electrons. The Morgan fingerprint density at radius 3 is 3.07 bits per heavy atom. The van der Waals surface area contributed by atoms with Crippen molar-refractivity contribution in [1.82, 2.24) is 9.78 Å². The Morgan fingerprint density at radius 1 is 1.50 bits per heavy atom. The van der Waals surface area contributed by atoms with E-state index in [0.717, 1.165) is 10.9 Å². The summed E-state index contributed by atoms with van der Waals surface area (Å²) in [5.74, 6) is 0. The SMILES string of the molecule is N#CC(Cl)Cn1ncc2ccccc21. The zero-order valence-electron chi connectivity index (χ0n) is 7.39. The molecule has 0 N–H and O–H groups in total. The number of para-hydroxylation sites is 1. The maximum atomic E-state index is 8.58. The van der Waals surface area contributed by atoms with Crippen molar-refractivity contribution in [3.05, 3.63) is 30.5 Å². The van der Waals surface area contributed by atoms with E-state index in [1.807, 2.05) is 30.3 Å². The minimum Gasteiger partial charge on any atom is -0.262 e. The summed E-state index contributed by atoms with van der Waals surface area (Å²) in [6, 6.07) is 9.81. The maximum absolute atomic E-state index is 8.58. The van der Waals surface area contributed by atoms with E-state index in [4.69, 9.17) is 16.9 Å². The molecule has 0 aliphatic heterocycles. The summed E-state index contributed by atoms with van der Waals surface area (Å²) in [6.45, 7) is 0.422. The van der Waals surface area contributed by atoms with Gasteiger partial charge in [0.25, 0.3) is 0 Å². The third kappa shape index (κ3) is 1.57. The standard InChI is InChI=1S/C10H8ClN3/c11-9(5-12)7-14-10-4-2-1-3-8(10)6-13-14/h1-4,6,9H,7H2. The van der Waals surface area contributed by atoms with Crippen molar-refractivity contribution in [2.45, 2.75) is 11.9 Å². The molecule has 70 valence electrons. The molecule has 4 heteroatoms. The monoisotopic (exact) mass is 205 g/mol. The Balaban J connectivity index is 2.39. The van der Waals surface area contributed by atoms with Gasteiger partial charge in [-0.1, -0.05) is 18.2 Å². The third-order valence-electron chi connectivity index (χ3n) is 2.02. The van der Waals surface area contributed by atoms with E-state index in [1.165, 1.54) is 0 Å². The Bertz CT molecular complexity index is 483. The lowest BCUT2D eigenvalue weighted by Gasteiger charge is -2.02. The van der Waals surface area contributed by atoms with Crippen LogP contribution in [0.5, 0.6) is 0 Å². The molecule has 0 amide bonds. The van der Waals surface area contributed by atoms with Gasteiger partial charge in [0.2, 0.25) is 0 Å². The van der Waals surface area contributed by atoms with Crippen molar-refractivity contribution < 1.29 is 0 Å². The second-order valence-corrected chi connectivity index (χ2v) is 3.51. The summed E-state index contributed by atoms with van der Waals surface area (Å²) in [4.78, 5) is 0. The van der Waals surface area contributed by atoms with Gasteiger partial charge in [0.1, 0.15) is 5.38 Å². The summed E-state index contributed by atoms with van der Waals surface area (Å²) in [5, 5.41) is 13.3. The van der Waals surface area contributed by atoms with Crippen molar-refractivity contribution in [1.29, 1.82) is 5.26 Å². The lowest BCUT2D eigenvalue weighted by atomic mass is 10.2. The summed E-state index contributed by atoms with van der Waals surface area (Å²) < 4.78 is 1.75. The smallest absolute Gasteiger partial charge is 0.140 e. The van der Waals surface area contributed by atoms with Crippen molar-refractivity contribution in [3.63, 3.8) is 0 Å². The van der Waals surface area contributed by atoms with E-state index in [1.54, 1.807) is 10.9 Å². The fourth-order valence-corrected chi connectivity index (χ4v) is 1.49. The largest absolute Gasteiger partial charge is 0.262 e. The number of alkyl halides is 1. The highest BCUT2D eigenvalue weighted by atomic mass is 35.5. The van der Waals surface area contributed by atoms with Gasteiger partial charge in [-0.25, -0.2) is 0 Å². The minimum absolute atomic E-state index is 0.422. The molecule has 0 saturated heterocycles. The van der Waals surface area contributed by atoms with Crippen LogP contribution in [0.1, 0.15) is 0 Å². The lowest BCUT2D eigenvalue weighted by molar-refractivity contribution is 0.654. The van der Waals surface area contributed by atoms with Crippen LogP contribution in [0.25, 0.3) is 10.9 Å². The van der Waals surface area contributed by atoms with Gasteiger partial charge < -0.3 is 0 Å². The molecule has 2 rings (SSSR count). The molecule has 1 unspecified atom stereocenters. The molecule has 0 spiro atoms. The second kappa shape index (κ2) is 3.69. The van der Waals surface area contributed by atoms with E-state index < -0.39 is 5.38 Å². The molecule has 1 aromatic heterocycles. The van der Waals surface area contributed by atoms with Crippen LogP contribution in [-0.2, 0) is 6.54 Å². The number of nitriles is 1. The predicted molar refractivity (Wildman–Crippen MR) is 55.0 cm³/mol. The molecular weight excluding hydrogens is 198 g/mol. The summed E-state index contributed by atoms with van der Waals surface area (Å²) in [6.07, 6.45) is 1.77. The molecule has 0 saturated carbocycles. The first-order valence-corrected chi connectivity index (χ1v) is 4.69. The fraction of sp³-hybridized carbons (Fsp3) is 0.200. The van der Waals surface area contributed by atoms with Crippen LogP contribution in [0, 0.1) is 11.3 Å². The zero-order valence-corrected chi connectivity index (χ0v) is 8.15. The van der Waals surface area contributed by atoms with E-state index in [-0.39, 0.29) is 0 Å². The van der Waals surface area contributed by atoms with E-state index in [2.05, 4.69) is 5.10 Å². The molecule has 14 heavy (non-hydrogen) atoms. The number of fused-ring (bicyclic) bond motifs is 1. The number of nitrogens with zero attached hydrogens (tertiary/aromatic N) is 3. The van der Waals surface area contributed by atoms with Crippen LogP contribution >= 0.6 is 11.6 Å². The first-order chi connectivity index (χ1) is 6.81. The van der Waals surface area contributed by atoms with Crippen LogP contribution < -0.4 is 0 Å². The Labute approximate surface area is 86.5 Å². The highest BCUT2D eigenvalue weighted by Crippen LogP contribution is 2.13. The van der Waals surface area contributed by atoms with E-state index in [0.29, 0.717) is 6.54 Å². The van der Waals surface area contributed by atoms with Gasteiger partial charge in [-0.15, -0.1) is 11.6 Å². The van der Waals surface area contributed by atoms with Gasteiger partial charge >= 0.3 is 0 Å². The van der Waals surface area contributed by atoms with Crippen LogP contribution in [-0.4, -0.2) is 15.2 Å². The third-order valence-corrected chi connectivity index (χ3v) is 2.26. The van der Waals surface area contributed by atoms with Gasteiger partial charge in [-0.2, -0.15) is 10.4 Å². The highest BCUT2D eigenvalue weighted by molar-refractivity contribution is 6.22. The molecule has 1 atom stereocenters. The van der Waals surface area contributed by atoms with Crippen molar-refractivity contribution in [3.8, 4) is 6.07 Å². The minimum atomic E-state index is -0.529. The van der Waals surface area contributed by atoms with Gasteiger partial charge in [0, 0.05) is 5.39 Å². The number of aromatic nitrogens is 2. The molecule has 1 aromatic carbocycles. The fourth-order valence-electron chi connectivity index (χ4n) is 1.36. The normalized spacial score (nSPS) is 12.6. The lowest BCUT2D eigenvalue weighted by Crippen LogP contribution is -2.09. The number of hydrogen-bond donors (Lipinski definition) is 0. The Morgan fingerprint density at radius 2 is 2.29 bits per heavy atom. The molecule has 0 aliphatic rings. The molecular formula is C10H8ClN3. The van der Waals surface area contributed by atoms with E-state index in [9.17, 15) is 0 Å². The van der Waals surface area contributed by atoms with Crippen molar-refractivity contribution in [2.75, 3.05) is 0 Å². The molecule has 0 aliphatic carbocycles. The van der Waals surface area contributed by atoms with Crippen LogP contribution in [0.4, 0.5) is 0 Å². The molecule has 2 aromatic rings. The van der Waals surface area contributed by atoms with Gasteiger partial charge in [0.15, 0.2) is 0 Å². The number of halogens is 1. The average molecular weight is 206 g/mol.